The molecular weight excluding hydrogens is 319 g/mol. The molecular formula is C14H13ClF3N3O. The minimum Gasteiger partial charge on any atom is -0.339 e. The number of hydrogen-bond acceptors (Lipinski definition) is 2. The van der Waals surface area contributed by atoms with Crippen LogP contribution in [0.1, 0.15) is 24.6 Å². The first-order chi connectivity index (χ1) is 10.3. The molecule has 1 aromatic heterocycles. The molecule has 1 heterocycles. The van der Waals surface area contributed by atoms with Crippen molar-refractivity contribution < 1.29 is 18.0 Å². The van der Waals surface area contributed by atoms with Gasteiger partial charge in [-0.2, -0.15) is 13.2 Å². The van der Waals surface area contributed by atoms with Crippen molar-refractivity contribution in [1.29, 1.82) is 0 Å². The average molecular weight is 332 g/mol. The number of nitrogens with one attached hydrogen (secondary N) is 1. The van der Waals surface area contributed by atoms with Crippen LogP contribution in [0.3, 0.4) is 0 Å². The summed E-state index contributed by atoms with van der Waals surface area (Å²) < 4.78 is 41.0. The Kier molecular flexibility index (Phi) is 4.75. The van der Waals surface area contributed by atoms with E-state index in [4.69, 9.17) is 11.6 Å². The maximum atomic E-state index is 13.2. The van der Waals surface area contributed by atoms with E-state index in [0.29, 0.717) is 5.02 Å². The highest BCUT2D eigenvalue weighted by Crippen LogP contribution is 2.33. The van der Waals surface area contributed by atoms with Crippen molar-refractivity contribution in [3.8, 4) is 0 Å². The molecule has 0 bridgehead atoms. The Morgan fingerprint density at radius 2 is 1.95 bits per heavy atom. The van der Waals surface area contributed by atoms with E-state index >= 15 is 0 Å². The molecule has 1 aromatic carbocycles. The van der Waals surface area contributed by atoms with Gasteiger partial charge >= 0.3 is 6.18 Å². The molecule has 0 fully saturated rings. The zero-order valence-electron chi connectivity index (χ0n) is 11.5. The molecule has 1 amide bonds. The summed E-state index contributed by atoms with van der Waals surface area (Å²) in [4.78, 5) is 15.8. The summed E-state index contributed by atoms with van der Waals surface area (Å²) in [7, 11) is 0. The van der Waals surface area contributed by atoms with E-state index in [2.05, 4.69) is 4.98 Å². The number of aromatic nitrogens is 2. The molecule has 118 valence electrons. The SMILES string of the molecule is C[C@@H](C(=O)N[C@H](c1ccc(Cl)cc1)C(F)(F)F)n1ccnc1. The molecule has 0 unspecified atom stereocenters. The fraction of sp³-hybridized carbons (Fsp3) is 0.286. The lowest BCUT2D eigenvalue weighted by atomic mass is 10.1. The van der Waals surface area contributed by atoms with Crippen LogP contribution in [0.15, 0.2) is 43.0 Å². The highest BCUT2D eigenvalue weighted by atomic mass is 35.5. The van der Waals surface area contributed by atoms with Crippen molar-refractivity contribution in [3.05, 3.63) is 53.6 Å². The first-order valence-electron chi connectivity index (χ1n) is 6.39. The van der Waals surface area contributed by atoms with Crippen molar-refractivity contribution in [2.45, 2.75) is 25.2 Å². The van der Waals surface area contributed by atoms with Gasteiger partial charge < -0.3 is 9.88 Å². The van der Waals surface area contributed by atoms with Gasteiger partial charge in [0.15, 0.2) is 6.04 Å². The smallest absolute Gasteiger partial charge is 0.339 e. The van der Waals surface area contributed by atoms with Gasteiger partial charge in [-0.05, 0) is 24.6 Å². The normalized spacial score (nSPS) is 14.4. The topological polar surface area (TPSA) is 46.9 Å². The van der Waals surface area contributed by atoms with Gasteiger partial charge in [0.05, 0.1) is 6.33 Å². The van der Waals surface area contributed by atoms with Gasteiger partial charge in [0.25, 0.3) is 0 Å². The number of rotatable bonds is 4. The maximum absolute atomic E-state index is 13.2. The third kappa shape index (κ3) is 3.79. The first kappa shape index (κ1) is 16.4. The number of carbonyl (C=O) groups is 1. The third-order valence-corrected chi connectivity index (χ3v) is 3.42. The van der Waals surface area contributed by atoms with Crippen molar-refractivity contribution in [3.63, 3.8) is 0 Å². The van der Waals surface area contributed by atoms with Crippen LogP contribution in [0.5, 0.6) is 0 Å². The number of hydrogen-bond donors (Lipinski definition) is 1. The first-order valence-corrected chi connectivity index (χ1v) is 6.77. The monoisotopic (exact) mass is 331 g/mol. The summed E-state index contributed by atoms with van der Waals surface area (Å²) in [6.45, 7) is 1.49. The van der Waals surface area contributed by atoms with Crippen LogP contribution >= 0.6 is 11.6 Å². The Labute approximate surface area is 129 Å². The summed E-state index contributed by atoms with van der Waals surface area (Å²) in [6, 6.07) is 2.27. The largest absolute Gasteiger partial charge is 0.412 e. The molecule has 0 saturated heterocycles. The Morgan fingerprint density at radius 1 is 1.32 bits per heavy atom. The second-order valence-corrected chi connectivity index (χ2v) is 5.16. The molecule has 0 saturated carbocycles. The van der Waals surface area contributed by atoms with E-state index in [1.165, 1.54) is 54.5 Å². The zero-order valence-corrected chi connectivity index (χ0v) is 12.3. The molecule has 22 heavy (non-hydrogen) atoms. The summed E-state index contributed by atoms with van der Waals surface area (Å²) in [5.74, 6) is -0.754. The van der Waals surface area contributed by atoms with Crippen LogP contribution in [-0.4, -0.2) is 21.6 Å². The molecule has 0 spiro atoms. The minimum absolute atomic E-state index is 0.0805. The lowest BCUT2D eigenvalue weighted by Crippen LogP contribution is -2.41. The molecule has 0 aliphatic heterocycles. The second kappa shape index (κ2) is 6.39. The van der Waals surface area contributed by atoms with Gasteiger partial charge in [0.2, 0.25) is 5.91 Å². The minimum atomic E-state index is -4.61. The Bertz CT molecular complexity index is 626. The van der Waals surface area contributed by atoms with E-state index in [-0.39, 0.29) is 5.56 Å². The van der Waals surface area contributed by atoms with E-state index in [9.17, 15) is 18.0 Å². The molecule has 4 nitrogen and oxygen atoms in total. The molecule has 2 aromatic rings. The Balaban J connectivity index is 2.20. The van der Waals surface area contributed by atoms with Crippen molar-refractivity contribution in [2.24, 2.45) is 0 Å². The second-order valence-electron chi connectivity index (χ2n) is 4.72. The Hall–Kier alpha value is -2.02. The number of imidazole rings is 1. The molecule has 8 heteroatoms. The third-order valence-electron chi connectivity index (χ3n) is 3.17. The number of amides is 1. The van der Waals surface area contributed by atoms with Gasteiger partial charge in [-0.15, -0.1) is 0 Å². The van der Waals surface area contributed by atoms with Gasteiger partial charge in [0, 0.05) is 17.4 Å². The van der Waals surface area contributed by atoms with Gasteiger partial charge in [-0.25, -0.2) is 4.98 Å². The van der Waals surface area contributed by atoms with Crippen molar-refractivity contribution in [1.82, 2.24) is 14.9 Å². The van der Waals surface area contributed by atoms with E-state index in [1.807, 2.05) is 5.32 Å². The quantitative estimate of drug-likeness (QED) is 0.931. The van der Waals surface area contributed by atoms with E-state index < -0.39 is 24.2 Å². The van der Waals surface area contributed by atoms with Crippen LogP contribution in [-0.2, 0) is 4.79 Å². The number of halogens is 4. The van der Waals surface area contributed by atoms with Crippen LogP contribution < -0.4 is 5.32 Å². The Morgan fingerprint density at radius 3 is 2.45 bits per heavy atom. The summed E-state index contributed by atoms with van der Waals surface area (Å²) in [5, 5.41) is 2.35. The molecule has 0 radical (unpaired) electrons. The number of alkyl halides is 3. The number of benzene rings is 1. The molecule has 1 N–H and O–H groups in total. The highest BCUT2D eigenvalue weighted by molar-refractivity contribution is 6.30. The number of nitrogens with zero attached hydrogens (tertiary/aromatic N) is 2. The highest BCUT2D eigenvalue weighted by Gasteiger charge is 2.42. The standard InChI is InChI=1S/C14H13ClF3N3O/c1-9(21-7-6-19-8-21)13(22)20-12(14(16,17)18)10-2-4-11(15)5-3-10/h2-9,12H,1H3,(H,20,22)/t9-,12+/m0/s1. The summed E-state index contributed by atoms with van der Waals surface area (Å²) in [6.07, 6.45) is -0.285. The average Bonchev–Trinajstić information content (AvgIpc) is 2.97. The lowest BCUT2D eigenvalue weighted by molar-refractivity contribution is -0.164. The van der Waals surface area contributed by atoms with E-state index in [1.54, 1.807) is 0 Å². The molecule has 2 rings (SSSR count). The van der Waals surface area contributed by atoms with Crippen molar-refractivity contribution >= 4 is 17.5 Å². The summed E-state index contributed by atoms with van der Waals surface area (Å²) in [5.41, 5.74) is -0.0805. The van der Waals surface area contributed by atoms with Crippen molar-refractivity contribution in [2.75, 3.05) is 0 Å². The van der Waals surface area contributed by atoms with Crippen LogP contribution in [0, 0.1) is 0 Å². The van der Waals surface area contributed by atoms with Gasteiger partial charge in [-0.3, -0.25) is 4.79 Å². The van der Waals surface area contributed by atoms with Crippen LogP contribution in [0.4, 0.5) is 13.2 Å². The fourth-order valence-electron chi connectivity index (χ4n) is 1.91. The maximum Gasteiger partial charge on any atom is 0.412 e. The molecule has 0 aliphatic rings. The molecule has 0 aliphatic carbocycles. The van der Waals surface area contributed by atoms with E-state index in [0.717, 1.165) is 0 Å². The summed E-state index contributed by atoms with van der Waals surface area (Å²) >= 11 is 5.68. The zero-order chi connectivity index (χ0) is 16.3. The number of carbonyl (C=O) groups excluding carboxylic acids is 1. The van der Waals surface area contributed by atoms with Crippen LogP contribution in [0.25, 0.3) is 0 Å². The lowest BCUT2D eigenvalue weighted by Gasteiger charge is -2.24. The van der Waals surface area contributed by atoms with Crippen LogP contribution in [0.2, 0.25) is 5.02 Å². The van der Waals surface area contributed by atoms with Gasteiger partial charge in [0.1, 0.15) is 6.04 Å². The molecule has 2 atom stereocenters. The predicted octanol–water partition coefficient (Wildman–Crippen LogP) is 3.52. The predicted molar refractivity (Wildman–Crippen MR) is 75.3 cm³/mol. The van der Waals surface area contributed by atoms with Gasteiger partial charge in [-0.1, -0.05) is 23.7 Å². The fourth-order valence-corrected chi connectivity index (χ4v) is 2.03.